The molecule has 2 aromatic heterocycles. The van der Waals surface area contributed by atoms with Gasteiger partial charge in [-0.25, -0.2) is 4.98 Å². The summed E-state index contributed by atoms with van der Waals surface area (Å²) in [4.78, 5) is 18.0. The maximum absolute atomic E-state index is 11.0. The third kappa shape index (κ3) is 1.53. The van der Waals surface area contributed by atoms with E-state index in [2.05, 4.69) is 9.97 Å². The van der Waals surface area contributed by atoms with Crippen LogP contribution in [0.5, 0.6) is 0 Å². The second kappa shape index (κ2) is 3.14. The highest BCUT2D eigenvalue weighted by Crippen LogP contribution is 2.18. The molecule has 0 saturated heterocycles. The molecule has 0 bridgehead atoms. The van der Waals surface area contributed by atoms with Crippen LogP contribution in [-0.2, 0) is 0 Å². The Morgan fingerprint density at radius 3 is 3.00 bits per heavy atom. The summed E-state index contributed by atoms with van der Waals surface area (Å²) in [5.74, 6) is 0.764. The zero-order chi connectivity index (χ0) is 9.26. The Kier molecular flexibility index (Phi) is 1.98. The van der Waals surface area contributed by atoms with Gasteiger partial charge in [-0.1, -0.05) is 0 Å². The Morgan fingerprint density at radius 1 is 1.62 bits per heavy atom. The van der Waals surface area contributed by atoms with Crippen molar-refractivity contribution < 1.29 is 4.79 Å². The molecule has 4 heteroatoms. The van der Waals surface area contributed by atoms with Crippen molar-refractivity contribution in [1.29, 1.82) is 0 Å². The van der Waals surface area contributed by atoms with E-state index in [1.165, 1.54) is 6.92 Å². The Balaban J connectivity index is 2.39. The van der Waals surface area contributed by atoms with E-state index >= 15 is 0 Å². The Bertz CT molecular complexity index is 417. The molecule has 0 radical (unpaired) electrons. The molecule has 0 unspecified atom stereocenters. The Labute approximate surface area is 79.4 Å². The fourth-order valence-corrected chi connectivity index (χ4v) is 1.69. The lowest BCUT2D eigenvalue weighted by atomic mass is 10.3. The van der Waals surface area contributed by atoms with Crippen LogP contribution in [0.2, 0.25) is 0 Å². The van der Waals surface area contributed by atoms with Crippen molar-refractivity contribution in [2.45, 2.75) is 6.92 Å². The number of nitrogens with zero attached hydrogens (tertiary/aromatic N) is 1. The number of Topliss-reactive ketones (excluding diaryl/α,β-unsaturated/α-hetero) is 1. The van der Waals surface area contributed by atoms with Gasteiger partial charge in [0, 0.05) is 17.9 Å². The number of ketones is 1. The van der Waals surface area contributed by atoms with Crippen molar-refractivity contribution in [3.8, 4) is 11.4 Å². The zero-order valence-corrected chi connectivity index (χ0v) is 7.89. The van der Waals surface area contributed by atoms with Gasteiger partial charge in [0.25, 0.3) is 0 Å². The highest BCUT2D eigenvalue weighted by Gasteiger charge is 2.05. The second-order valence-electron chi connectivity index (χ2n) is 2.71. The summed E-state index contributed by atoms with van der Waals surface area (Å²) in [6, 6.07) is 1.97. The molecule has 0 fully saturated rings. The van der Waals surface area contributed by atoms with E-state index < -0.39 is 0 Å². The zero-order valence-electron chi connectivity index (χ0n) is 7.07. The summed E-state index contributed by atoms with van der Waals surface area (Å²) in [6.07, 6.45) is 1.56. The third-order valence-electron chi connectivity index (χ3n) is 1.75. The van der Waals surface area contributed by atoms with Crippen LogP contribution in [0.1, 0.15) is 17.4 Å². The van der Waals surface area contributed by atoms with Gasteiger partial charge in [-0.2, -0.15) is 11.3 Å². The number of hydrogen-bond acceptors (Lipinski definition) is 3. The highest BCUT2D eigenvalue weighted by atomic mass is 32.1. The molecule has 0 amide bonds. The number of imidazole rings is 1. The lowest BCUT2D eigenvalue weighted by molar-refractivity contribution is 0.101. The van der Waals surface area contributed by atoms with Crippen LogP contribution >= 0.6 is 11.3 Å². The van der Waals surface area contributed by atoms with Gasteiger partial charge in [0.05, 0.1) is 6.20 Å². The van der Waals surface area contributed by atoms with E-state index in [9.17, 15) is 4.79 Å². The molecule has 3 nitrogen and oxygen atoms in total. The van der Waals surface area contributed by atoms with Crippen molar-refractivity contribution in [1.82, 2.24) is 9.97 Å². The van der Waals surface area contributed by atoms with Crippen molar-refractivity contribution in [2.24, 2.45) is 0 Å². The highest BCUT2D eigenvalue weighted by molar-refractivity contribution is 7.08. The van der Waals surface area contributed by atoms with E-state index in [1.54, 1.807) is 17.5 Å². The first-order chi connectivity index (χ1) is 6.27. The molecule has 2 rings (SSSR count). The molecule has 0 aliphatic rings. The predicted octanol–water partition coefficient (Wildman–Crippen LogP) is 2.34. The van der Waals surface area contributed by atoms with E-state index in [-0.39, 0.29) is 5.78 Å². The summed E-state index contributed by atoms with van der Waals surface area (Å²) < 4.78 is 0. The van der Waals surface area contributed by atoms with Gasteiger partial charge in [-0.15, -0.1) is 0 Å². The van der Waals surface area contributed by atoms with Crippen LogP contribution in [0.3, 0.4) is 0 Å². The number of aromatic amines is 1. The number of aromatic nitrogens is 2. The van der Waals surface area contributed by atoms with E-state index in [0.29, 0.717) is 5.69 Å². The van der Waals surface area contributed by atoms with Crippen molar-refractivity contribution in [3.63, 3.8) is 0 Å². The lowest BCUT2D eigenvalue weighted by Crippen LogP contribution is -1.90. The summed E-state index contributed by atoms with van der Waals surface area (Å²) in [5, 5.41) is 3.97. The number of nitrogens with one attached hydrogen (secondary N) is 1. The standard InChI is InChI=1S/C9H8N2OS/c1-6(12)8-4-10-9(11-8)7-2-3-13-5-7/h2-5H,1H3,(H,10,11). The molecule has 13 heavy (non-hydrogen) atoms. The van der Waals surface area contributed by atoms with Gasteiger partial charge in [-0.05, 0) is 11.4 Å². The van der Waals surface area contributed by atoms with Gasteiger partial charge in [-0.3, -0.25) is 4.79 Å². The van der Waals surface area contributed by atoms with Crippen LogP contribution in [0.15, 0.2) is 23.0 Å². The topological polar surface area (TPSA) is 45.8 Å². The number of carbonyl (C=O) groups is 1. The predicted molar refractivity (Wildman–Crippen MR) is 51.9 cm³/mol. The molecule has 0 aliphatic heterocycles. The number of carbonyl (C=O) groups excluding carboxylic acids is 1. The minimum atomic E-state index is 0.00831. The molecule has 66 valence electrons. The maximum Gasteiger partial charge on any atom is 0.177 e. The largest absolute Gasteiger partial charge is 0.336 e. The summed E-state index contributed by atoms with van der Waals surface area (Å²) in [5.41, 5.74) is 1.58. The van der Waals surface area contributed by atoms with Crippen molar-refractivity contribution >= 4 is 17.1 Å². The maximum atomic E-state index is 11.0. The molecule has 0 saturated carbocycles. The van der Waals surface area contributed by atoms with Gasteiger partial charge in [0.2, 0.25) is 0 Å². The van der Waals surface area contributed by atoms with Crippen LogP contribution in [-0.4, -0.2) is 15.8 Å². The number of thiophene rings is 1. The molecule has 0 atom stereocenters. The third-order valence-corrected chi connectivity index (χ3v) is 2.43. The minimum Gasteiger partial charge on any atom is -0.336 e. The van der Waals surface area contributed by atoms with E-state index in [1.807, 2.05) is 16.8 Å². The molecular weight excluding hydrogens is 184 g/mol. The molecular formula is C9H8N2OS. The average molecular weight is 192 g/mol. The first kappa shape index (κ1) is 8.19. The van der Waals surface area contributed by atoms with E-state index in [4.69, 9.17) is 0 Å². The number of H-pyrrole nitrogens is 1. The van der Waals surface area contributed by atoms with E-state index in [0.717, 1.165) is 11.4 Å². The Hall–Kier alpha value is -1.42. The number of hydrogen-bond donors (Lipinski definition) is 1. The molecule has 0 aliphatic carbocycles. The van der Waals surface area contributed by atoms with Crippen LogP contribution in [0.4, 0.5) is 0 Å². The number of rotatable bonds is 2. The fraction of sp³-hybridized carbons (Fsp3) is 0.111. The smallest absolute Gasteiger partial charge is 0.177 e. The minimum absolute atomic E-state index is 0.00831. The molecule has 1 N–H and O–H groups in total. The fourth-order valence-electron chi connectivity index (χ4n) is 1.05. The summed E-state index contributed by atoms with van der Waals surface area (Å²) >= 11 is 1.61. The quantitative estimate of drug-likeness (QED) is 0.742. The average Bonchev–Trinajstić information content (AvgIpc) is 2.75. The molecule has 2 aromatic rings. The molecule has 2 heterocycles. The van der Waals surface area contributed by atoms with Crippen molar-refractivity contribution in [3.05, 3.63) is 28.7 Å². The normalized spacial score (nSPS) is 10.2. The van der Waals surface area contributed by atoms with Crippen molar-refractivity contribution in [2.75, 3.05) is 0 Å². The van der Waals surface area contributed by atoms with Crippen LogP contribution in [0.25, 0.3) is 11.4 Å². The van der Waals surface area contributed by atoms with Gasteiger partial charge < -0.3 is 4.98 Å². The Morgan fingerprint density at radius 2 is 2.46 bits per heavy atom. The lowest BCUT2D eigenvalue weighted by Gasteiger charge is -1.88. The molecule has 0 spiro atoms. The summed E-state index contributed by atoms with van der Waals surface area (Å²) in [6.45, 7) is 1.52. The first-order valence-electron chi connectivity index (χ1n) is 3.86. The van der Waals surface area contributed by atoms with Crippen LogP contribution in [0, 0.1) is 0 Å². The van der Waals surface area contributed by atoms with Gasteiger partial charge >= 0.3 is 0 Å². The second-order valence-corrected chi connectivity index (χ2v) is 3.49. The molecule has 0 aromatic carbocycles. The van der Waals surface area contributed by atoms with Crippen LogP contribution < -0.4 is 0 Å². The monoisotopic (exact) mass is 192 g/mol. The van der Waals surface area contributed by atoms with Gasteiger partial charge in [0.15, 0.2) is 5.78 Å². The SMILES string of the molecule is CC(=O)c1cnc(-c2ccsc2)[nH]1. The van der Waals surface area contributed by atoms with Gasteiger partial charge in [0.1, 0.15) is 11.5 Å². The first-order valence-corrected chi connectivity index (χ1v) is 4.80. The summed E-state index contributed by atoms with van der Waals surface area (Å²) in [7, 11) is 0.